The van der Waals surface area contributed by atoms with Crippen LogP contribution in [0.15, 0.2) is 30.3 Å². The second-order valence-electron chi connectivity index (χ2n) is 10.6. The number of rotatable bonds is 19. The van der Waals surface area contributed by atoms with Crippen LogP contribution in [0.3, 0.4) is 0 Å². The van der Waals surface area contributed by atoms with Gasteiger partial charge in [-0.05, 0) is 32.8 Å². The summed E-state index contributed by atoms with van der Waals surface area (Å²) in [5.74, 6) is -1.70. The van der Waals surface area contributed by atoms with Gasteiger partial charge in [-0.1, -0.05) is 101 Å². The topological polar surface area (TPSA) is 114 Å². The number of nitrogens with one attached hydrogen (secondary N) is 2. The molecule has 0 aliphatic rings. The first kappa shape index (κ1) is 32.4. The van der Waals surface area contributed by atoms with Gasteiger partial charge in [0.1, 0.15) is 17.7 Å². The molecule has 0 unspecified atom stereocenters. The number of aliphatic carboxylic acids is 1. The van der Waals surface area contributed by atoms with Crippen molar-refractivity contribution in [3.8, 4) is 0 Å². The molecule has 0 radical (unpaired) electrons. The molecule has 0 heterocycles. The maximum Gasteiger partial charge on any atom is 0.408 e. The van der Waals surface area contributed by atoms with E-state index in [1.165, 1.54) is 38.5 Å². The van der Waals surface area contributed by atoms with Gasteiger partial charge in [-0.3, -0.25) is 4.79 Å². The highest BCUT2D eigenvalue weighted by atomic mass is 16.6. The molecule has 1 aromatic carbocycles. The zero-order valence-corrected chi connectivity index (χ0v) is 23.2. The van der Waals surface area contributed by atoms with Crippen LogP contribution in [0.1, 0.15) is 104 Å². The lowest BCUT2D eigenvalue weighted by atomic mass is 10.0. The summed E-state index contributed by atoms with van der Waals surface area (Å²) in [6, 6.07) is 7.32. The molecule has 0 saturated heterocycles. The van der Waals surface area contributed by atoms with E-state index in [0.717, 1.165) is 24.8 Å². The van der Waals surface area contributed by atoms with E-state index in [2.05, 4.69) is 17.6 Å². The highest BCUT2D eigenvalue weighted by molar-refractivity contribution is 5.89. The molecule has 0 saturated carbocycles. The number of benzene rings is 1. The lowest BCUT2D eigenvalue weighted by molar-refractivity contribution is -0.142. The molecule has 0 bridgehead atoms. The first-order valence-corrected chi connectivity index (χ1v) is 13.8. The van der Waals surface area contributed by atoms with Gasteiger partial charge in [-0.15, -0.1) is 0 Å². The Balaban J connectivity index is 2.55. The number of carboxylic acid groups (broad SMARTS) is 1. The number of amides is 2. The SMILES string of the molecule is CCCCCCCCCCCC[C@H](NC(=O)[C@@H](COCc1ccccc1)NC(=O)OC(C)(C)C)C(=O)O. The number of carboxylic acids is 1. The molecular weight excluding hydrogens is 472 g/mol. The first-order valence-electron chi connectivity index (χ1n) is 13.8. The summed E-state index contributed by atoms with van der Waals surface area (Å²) in [7, 11) is 0. The minimum Gasteiger partial charge on any atom is -0.480 e. The van der Waals surface area contributed by atoms with Crippen molar-refractivity contribution >= 4 is 18.0 Å². The first-order chi connectivity index (χ1) is 17.6. The van der Waals surface area contributed by atoms with Gasteiger partial charge in [0, 0.05) is 0 Å². The van der Waals surface area contributed by atoms with Gasteiger partial charge in [0.15, 0.2) is 0 Å². The number of ether oxygens (including phenoxy) is 2. The minimum absolute atomic E-state index is 0.120. The van der Waals surface area contributed by atoms with Crippen LogP contribution >= 0.6 is 0 Å². The summed E-state index contributed by atoms with van der Waals surface area (Å²) in [6.45, 7) is 7.51. The number of unbranched alkanes of at least 4 members (excludes halogenated alkanes) is 9. The Kier molecular flexibility index (Phi) is 16.3. The van der Waals surface area contributed by atoms with E-state index in [-0.39, 0.29) is 13.2 Å². The fraction of sp³-hybridized carbons (Fsp3) is 0.690. The average Bonchev–Trinajstić information content (AvgIpc) is 2.83. The Morgan fingerprint density at radius 1 is 0.838 bits per heavy atom. The standard InChI is InChI=1S/C29H48N2O6/c1-5-6-7-8-9-10-11-12-13-17-20-24(27(33)34)30-26(32)25(31-28(35)37-29(2,3)4)22-36-21-23-18-15-14-16-19-23/h14-16,18-19,24-25H,5-13,17,20-22H2,1-4H3,(H,30,32)(H,31,35)(H,33,34)/t24-,25+/m0/s1. The Bertz CT molecular complexity index is 778. The summed E-state index contributed by atoms with van der Waals surface area (Å²) < 4.78 is 10.9. The predicted molar refractivity (Wildman–Crippen MR) is 145 cm³/mol. The van der Waals surface area contributed by atoms with E-state index in [1.54, 1.807) is 20.8 Å². The van der Waals surface area contributed by atoms with Crippen LogP contribution in [0, 0.1) is 0 Å². The Morgan fingerprint density at radius 2 is 1.41 bits per heavy atom. The zero-order chi connectivity index (χ0) is 27.5. The van der Waals surface area contributed by atoms with Gasteiger partial charge >= 0.3 is 12.1 Å². The quantitative estimate of drug-likeness (QED) is 0.193. The molecule has 37 heavy (non-hydrogen) atoms. The van der Waals surface area contributed by atoms with Crippen LogP contribution in [0.5, 0.6) is 0 Å². The summed E-state index contributed by atoms with van der Waals surface area (Å²) in [6.07, 6.45) is 11.0. The third kappa shape index (κ3) is 16.7. The maximum absolute atomic E-state index is 13.0. The Hall–Kier alpha value is -2.61. The molecule has 2 atom stereocenters. The predicted octanol–water partition coefficient (Wildman–Crippen LogP) is 5.98. The monoisotopic (exact) mass is 520 g/mol. The zero-order valence-electron chi connectivity index (χ0n) is 23.2. The van der Waals surface area contributed by atoms with Gasteiger partial charge in [0.2, 0.25) is 5.91 Å². The molecule has 0 spiro atoms. The van der Waals surface area contributed by atoms with Crippen molar-refractivity contribution in [1.29, 1.82) is 0 Å². The van der Waals surface area contributed by atoms with Crippen molar-refractivity contribution in [1.82, 2.24) is 10.6 Å². The Morgan fingerprint density at radius 3 is 1.95 bits per heavy atom. The van der Waals surface area contributed by atoms with Crippen molar-refractivity contribution in [2.45, 2.75) is 123 Å². The fourth-order valence-electron chi connectivity index (χ4n) is 3.87. The minimum atomic E-state index is -1.09. The summed E-state index contributed by atoms with van der Waals surface area (Å²) in [5.41, 5.74) is 0.179. The molecule has 0 aromatic heterocycles. The summed E-state index contributed by atoms with van der Waals surface area (Å²) >= 11 is 0. The van der Waals surface area contributed by atoms with Crippen LogP contribution in [-0.2, 0) is 25.7 Å². The fourth-order valence-corrected chi connectivity index (χ4v) is 3.87. The third-order valence-electron chi connectivity index (χ3n) is 5.86. The van der Waals surface area contributed by atoms with E-state index in [1.807, 2.05) is 30.3 Å². The van der Waals surface area contributed by atoms with Gasteiger partial charge in [0.25, 0.3) is 0 Å². The molecule has 1 aromatic rings. The molecule has 2 amide bonds. The average molecular weight is 521 g/mol. The van der Waals surface area contributed by atoms with Gasteiger partial charge < -0.3 is 25.2 Å². The third-order valence-corrected chi connectivity index (χ3v) is 5.86. The second-order valence-corrected chi connectivity index (χ2v) is 10.6. The number of carbonyl (C=O) groups is 3. The van der Waals surface area contributed by atoms with Crippen LogP contribution in [0.25, 0.3) is 0 Å². The number of hydrogen-bond acceptors (Lipinski definition) is 5. The lowest BCUT2D eigenvalue weighted by Gasteiger charge is -2.24. The van der Waals surface area contributed by atoms with Crippen molar-refractivity contribution in [2.24, 2.45) is 0 Å². The largest absolute Gasteiger partial charge is 0.480 e. The van der Waals surface area contributed by atoms with E-state index in [4.69, 9.17) is 9.47 Å². The number of carbonyl (C=O) groups excluding carboxylic acids is 2. The molecule has 1 rings (SSSR count). The van der Waals surface area contributed by atoms with Gasteiger partial charge in [-0.25, -0.2) is 9.59 Å². The van der Waals surface area contributed by atoms with Crippen LogP contribution in [0.2, 0.25) is 0 Å². The highest BCUT2D eigenvalue weighted by Gasteiger charge is 2.28. The molecule has 0 aliphatic heterocycles. The molecular formula is C29H48N2O6. The van der Waals surface area contributed by atoms with Crippen molar-refractivity contribution in [3.63, 3.8) is 0 Å². The van der Waals surface area contributed by atoms with Crippen molar-refractivity contribution < 1.29 is 29.0 Å². The lowest BCUT2D eigenvalue weighted by Crippen LogP contribution is -2.54. The molecule has 210 valence electrons. The second kappa shape index (κ2) is 18.6. The van der Waals surface area contributed by atoms with E-state index in [9.17, 15) is 19.5 Å². The van der Waals surface area contributed by atoms with E-state index in [0.29, 0.717) is 12.8 Å². The van der Waals surface area contributed by atoms with Crippen molar-refractivity contribution in [3.05, 3.63) is 35.9 Å². The van der Waals surface area contributed by atoms with Gasteiger partial charge in [0.05, 0.1) is 13.2 Å². The van der Waals surface area contributed by atoms with Crippen LogP contribution in [0.4, 0.5) is 4.79 Å². The summed E-state index contributed by atoms with van der Waals surface area (Å²) in [5, 5.41) is 14.7. The van der Waals surface area contributed by atoms with E-state index >= 15 is 0 Å². The van der Waals surface area contributed by atoms with Crippen molar-refractivity contribution in [2.75, 3.05) is 6.61 Å². The normalized spacial score (nSPS) is 13.0. The van der Waals surface area contributed by atoms with Crippen LogP contribution < -0.4 is 10.6 Å². The molecule has 8 heteroatoms. The molecule has 0 aliphatic carbocycles. The smallest absolute Gasteiger partial charge is 0.408 e. The summed E-state index contributed by atoms with van der Waals surface area (Å²) in [4.78, 5) is 37.1. The molecule has 8 nitrogen and oxygen atoms in total. The highest BCUT2D eigenvalue weighted by Crippen LogP contribution is 2.13. The van der Waals surface area contributed by atoms with Crippen LogP contribution in [-0.4, -0.2) is 47.4 Å². The number of alkyl carbamates (subject to hydrolysis) is 1. The molecule has 3 N–H and O–H groups in total. The Labute approximate surface area is 222 Å². The number of hydrogen-bond donors (Lipinski definition) is 3. The van der Waals surface area contributed by atoms with Gasteiger partial charge in [-0.2, -0.15) is 0 Å². The van der Waals surface area contributed by atoms with E-state index < -0.39 is 35.7 Å². The maximum atomic E-state index is 13.0. The molecule has 0 fully saturated rings.